The molecule has 0 aromatic carbocycles. The minimum atomic E-state index is -0.701. The third-order valence-corrected chi connectivity index (χ3v) is 5.48. The van der Waals surface area contributed by atoms with Crippen molar-refractivity contribution < 1.29 is 9.90 Å². The molecule has 2 fully saturated rings. The average molecular weight is 243 g/mol. The molecule has 0 aromatic heterocycles. The summed E-state index contributed by atoms with van der Waals surface area (Å²) in [5, 5.41) is 12.4. The van der Waals surface area contributed by atoms with Crippen LogP contribution in [0.3, 0.4) is 0 Å². The number of thioether (sulfide) groups is 1. The van der Waals surface area contributed by atoms with Crippen molar-refractivity contribution in [1.29, 1.82) is 0 Å². The topological polar surface area (TPSA) is 49.3 Å². The van der Waals surface area contributed by atoms with Gasteiger partial charge in [0.1, 0.15) is 6.04 Å². The van der Waals surface area contributed by atoms with E-state index >= 15 is 0 Å². The zero-order chi connectivity index (χ0) is 11.8. The Balaban J connectivity index is 2.02. The van der Waals surface area contributed by atoms with Gasteiger partial charge in [-0.05, 0) is 31.1 Å². The Bertz CT molecular complexity index is 293. The normalized spacial score (nSPS) is 38.5. The quantitative estimate of drug-likeness (QED) is 0.743. The van der Waals surface area contributed by atoms with Crippen molar-refractivity contribution in [2.45, 2.75) is 56.9 Å². The minimum absolute atomic E-state index is 0.0524. The van der Waals surface area contributed by atoms with Gasteiger partial charge in [0, 0.05) is 5.75 Å². The highest BCUT2D eigenvalue weighted by Crippen LogP contribution is 2.45. The van der Waals surface area contributed by atoms with Gasteiger partial charge >= 0.3 is 5.97 Å². The molecule has 16 heavy (non-hydrogen) atoms. The Morgan fingerprint density at radius 3 is 2.69 bits per heavy atom. The van der Waals surface area contributed by atoms with Crippen molar-refractivity contribution in [2.75, 3.05) is 5.75 Å². The highest BCUT2D eigenvalue weighted by Gasteiger charge is 2.43. The maximum atomic E-state index is 11.0. The van der Waals surface area contributed by atoms with Crippen LogP contribution in [0.2, 0.25) is 0 Å². The van der Waals surface area contributed by atoms with Gasteiger partial charge in [-0.2, -0.15) is 0 Å². The largest absolute Gasteiger partial charge is 0.480 e. The van der Waals surface area contributed by atoms with E-state index in [1.807, 2.05) is 11.8 Å². The van der Waals surface area contributed by atoms with Crippen LogP contribution < -0.4 is 5.32 Å². The molecule has 0 aromatic rings. The van der Waals surface area contributed by atoms with Crippen LogP contribution in [0.1, 0.15) is 46.0 Å². The third kappa shape index (κ3) is 2.54. The lowest BCUT2D eigenvalue weighted by Crippen LogP contribution is -2.44. The van der Waals surface area contributed by atoms with E-state index in [-0.39, 0.29) is 10.9 Å². The van der Waals surface area contributed by atoms with E-state index in [2.05, 4.69) is 19.2 Å². The predicted octanol–water partition coefficient (Wildman–Crippen LogP) is 2.46. The Labute approximate surface area is 101 Å². The molecule has 1 spiro atoms. The predicted molar refractivity (Wildman–Crippen MR) is 66.6 cm³/mol. The molecule has 2 N–H and O–H groups in total. The number of carbonyl (C=O) groups is 1. The Morgan fingerprint density at radius 2 is 2.06 bits per heavy atom. The lowest BCUT2D eigenvalue weighted by atomic mass is 9.85. The molecule has 1 aliphatic carbocycles. The van der Waals surface area contributed by atoms with E-state index in [1.165, 1.54) is 19.3 Å². The third-order valence-electron chi connectivity index (χ3n) is 3.90. The van der Waals surface area contributed by atoms with Crippen LogP contribution in [0, 0.1) is 5.41 Å². The molecule has 3 nitrogen and oxygen atoms in total. The molecule has 0 radical (unpaired) electrons. The molecule has 2 aliphatic rings. The van der Waals surface area contributed by atoms with Gasteiger partial charge in [0.25, 0.3) is 0 Å². The van der Waals surface area contributed by atoms with Gasteiger partial charge in [-0.25, -0.2) is 0 Å². The first kappa shape index (κ1) is 12.2. The molecule has 1 heterocycles. The first-order valence-corrected chi connectivity index (χ1v) is 7.06. The number of carboxylic acid groups (broad SMARTS) is 1. The van der Waals surface area contributed by atoms with Crippen molar-refractivity contribution in [3.63, 3.8) is 0 Å². The van der Waals surface area contributed by atoms with Gasteiger partial charge in [-0.15, -0.1) is 11.8 Å². The zero-order valence-electron chi connectivity index (χ0n) is 10.1. The van der Waals surface area contributed by atoms with E-state index in [1.54, 1.807) is 0 Å². The van der Waals surface area contributed by atoms with Crippen LogP contribution in [0.5, 0.6) is 0 Å². The molecular weight excluding hydrogens is 222 g/mol. The van der Waals surface area contributed by atoms with Crippen molar-refractivity contribution in [1.82, 2.24) is 5.32 Å². The molecule has 2 atom stereocenters. The van der Waals surface area contributed by atoms with Gasteiger partial charge in [-0.1, -0.05) is 20.3 Å². The summed E-state index contributed by atoms with van der Waals surface area (Å²) in [6.45, 7) is 4.64. The first-order chi connectivity index (χ1) is 7.43. The Morgan fingerprint density at radius 1 is 1.31 bits per heavy atom. The molecule has 0 bridgehead atoms. The highest BCUT2D eigenvalue weighted by atomic mass is 32.2. The second-order valence-corrected chi connectivity index (χ2v) is 7.26. The lowest BCUT2D eigenvalue weighted by Gasteiger charge is -2.28. The number of hydrogen-bond donors (Lipinski definition) is 2. The van der Waals surface area contributed by atoms with Crippen LogP contribution in [-0.4, -0.2) is 27.7 Å². The lowest BCUT2D eigenvalue weighted by molar-refractivity contribution is -0.138. The van der Waals surface area contributed by atoms with Crippen LogP contribution in [0.25, 0.3) is 0 Å². The second kappa shape index (κ2) is 4.22. The first-order valence-electron chi connectivity index (χ1n) is 6.07. The van der Waals surface area contributed by atoms with Gasteiger partial charge < -0.3 is 5.11 Å². The highest BCUT2D eigenvalue weighted by molar-refractivity contribution is 8.00. The summed E-state index contributed by atoms with van der Waals surface area (Å²) in [6.07, 6.45) is 5.88. The second-order valence-electron chi connectivity index (χ2n) is 5.86. The van der Waals surface area contributed by atoms with Crippen molar-refractivity contribution in [3.8, 4) is 0 Å². The van der Waals surface area contributed by atoms with Crippen molar-refractivity contribution in [3.05, 3.63) is 0 Å². The van der Waals surface area contributed by atoms with E-state index < -0.39 is 5.97 Å². The van der Waals surface area contributed by atoms with Crippen LogP contribution in [0.15, 0.2) is 0 Å². The van der Waals surface area contributed by atoms with Gasteiger partial charge in [0.2, 0.25) is 0 Å². The van der Waals surface area contributed by atoms with Crippen LogP contribution in [0.4, 0.5) is 0 Å². The molecule has 4 heteroatoms. The summed E-state index contributed by atoms with van der Waals surface area (Å²) >= 11 is 1.82. The molecule has 1 saturated carbocycles. The fourth-order valence-corrected chi connectivity index (χ4v) is 4.18. The maximum absolute atomic E-state index is 11.0. The molecular formula is C12H21NO2S. The molecule has 1 saturated heterocycles. The molecule has 2 rings (SSSR count). The van der Waals surface area contributed by atoms with Gasteiger partial charge in [0.15, 0.2) is 0 Å². The fraction of sp³-hybridized carbons (Fsp3) is 0.917. The SMILES string of the molecule is CC1(C)CCCC2(CC1)N[C@@H](C(=O)O)CS2. The number of rotatable bonds is 1. The molecule has 1 unspecified atom stereocenters. The Kier molecular flexibility index (Phi) is 3.23. The van der Waals surface area contributed by atoms with E-state index in [0.29, 0.717) is 5.41 Å². The van der Waals surface area contributed by atoms with Gasteiger partial charge in [0.05, 0.1) is 4.87 Å². The Hall–Kier alpha value is -0.220. The average Bonchev–Trinajstić information content (AvgIpc) is 2.53. The van der Waals surface area contributed by atoms with Crippen molar-refractivity contribution in [2.24, 2.45) is 5.41 Å². The fourth-order valence-electron chi connectivity index (χ4n) is 2.71. The number of nitrogens with one attached hydrogen (secondary N) is 1. The maximum Gasteiger partial charge on any atom is 0.321 e. The molecule has 1 aliphatic heterocycles. The van der Waals surface area contributed by atoms with Gasteiger partial charge in [-0.3, -0.25) is 10.1 Å². The summed E-state index contributed by atoms with van der Waals surface area (Å²) in [7, 11) is 0. The minimum Gasteiger partial charge on any atom is -0.480 e. The van der Waals surface area contributed by atoms with E-state index in [9.17, 15) is 4.79 Å². The monoisotopic (exact) mass is 243 g/mol. The molecule has 92 valence electrons. The zero-order valence-corrected chi connectivity index (χ0v) is 10.9. The summed E-state index contributed by atoms with van der Waals surface area (Å²) < 4.78 is 0. The summed E-state index contributed by atoms with van der Waals surface area (Å²) in [6, 6.07) is -0.341. The number of hydrogen-bond acceptors (Lipinski definition) is 3. The van der Waals surface area contributed by atoms with Crippen LogP contribution in [-0.2, 0) is 4.79 Å². The smallest absolute Gasteiger partial charge is 0.321 e. The summed E-state index contributed by atoms with van der Waals surface area (Å²) in [5.41, 5.74) is 0.424. The summed E-state index contributed by atoms with van der Waals surface area (Å²) in [4.78, 5) is 11.0. The number of aliphatic carboxylic acids is 1. The summed E-state index contributed by atoms with van der Waals surface area (Å²) in [5.74, 6) is 0.0170. The number of carboxylic acids is 1. The van der Waals surface area contributed by atoms with E-state index in [0.717, 1.165) is 18.6 Å². The van der Waals surface area contributed by atoms with Crippen molar-refractivity contribution >= 4 is 17.7 Å². The van der Waals surface area contributed by atoms with Crippen LogP contribution >= 0.6 is 11.8 Å². The van der Waals surface area contributed by atoms with E-state index in [4.69, 9.17) is 5.11 Å². The molecule has 0 amide bonds. The standard InChI is InChI=1S/C12H21NO2S/c1-11(2)4-3-5-12(7-6-11)13-9(8-16-12)10(14)15/h9,13H,3-8H2,1-2H3,(H,14,15)/t9-,12?/m1/s1.